The monoisotopic (exact) mass is 275 g/mol. The SMILES string of the molecule is CCCn1cc(C(CCOCC(F)F)NCC)cn1. The average molecular weight is 275 g/mol. The largest absolute Gasteiger partial charge is 0.375 e. The number of halogens is 2. The molecule has 6 heteroatoms. The average Bonchev–Trinajstić information content (AvgIpc) is 2.82. The minimum atomic E-state index is -2.40. The number of ether oxygens (including phenoxy) is 1. The van der Waals surface area contributed by atoms with Crippen LogP contribution < -0.4 is 5.32 Å². The summed E-state index contributed by atoms with van der Waals surface area (Å²) in [6, 6.07) is 0.105. The van der Waals surface area contributed by atoms with E-state index in [0.717, 1.165) is 25.1 Å². The first-order chi connectivity index (χ1) is 9.17. The highest BCUT2D eigenvalue weighted by atomic mass is 19.3. The molecule has 1 rings (SSSR count). The molecule has 1 atom stereocenters. The lowest BCUT2D eigenvalue weighted by molar-refractivity contribution is 0.0144. The Labute approximate surface area is 113 Å². The maximum absolute atomic E-state index is 12.0. The van der Waals surface area contributed by atoms with Gasteiger partial charge < -0.3 is 10.1 Å². The number of nitrogens with zero attached hydrogens (tertiary/aromatic N) is 2. The van der Waals surface area contributed by atoms with Crippen molar-refractivity contribution in [2.24, 2.45) is 0 Å². The van der Waals surface area contributed by atoms with E-state index in [-0.39, 0.29) is 6.04 Å². The molecule has 110 valence electrons. The van der Waals surface area contributed by atoms with Crippen molar-refractivity contribution in [1.82, 2.24) is 15.1 Å². The number of aromatic nitrogens is 2. The fourth-order valence-corrected chi connectivity index (χ4v) is 1.92. The molecular formula is C13H23F2N3O. The number of hydrogen-bond donors (Lipinski definition) is 1. The van der Waals surface area contributed by atoms with Gasteiger partial charge in [-0.15, -0.1) is 0 Å². The van der Waals surface area contributed by atoms with Crippen LogP contribution in [0.1, 0.15) is 38.3 Å². The minimum absolute atomic E-state index is 0.105. The number of rotatable bonds is 10. The molecule has 1 heterocycles. The number of alkyl halides is 2. The molecule has 0 spiro atoms. The Morgan fingerprint density at radius 2 is 2.21 bits per heavy atom. The van der Waals surface area contributed by atoms with E-state index in [4.69, 9.17) is 4.74 Å². The molecule has 0 saturated heterocycles. The first-order valence-electron chi connectivity index (χ1n) is 6.79. The smallest absolute Gasteiger partial charge is 0.261 e. The van der Waals surface area contributed by atoms with Gasteiger partial charge in [0, 0.05) is 31.0 Å². The summed E-state index contributed by atoms with van der Waals surface area (Å²) in [6.45, 7) is 5.65. The molecule has 0 aliphatic carbocycles. The van der Waals surface area contributed by atoms with Crippen molar-refractivity contribution in [1.29, 1.82) is 0 Å². The molecule has 1 unspecified atom stereocenters. The predicted molar refractivity (Wildman–Crippen MR) is 70.4 cm³/mol. The Bertz CT molecular complexity index is 344. The van der Waals surface area contributed by atoms with Crippen LogP contribution in [0.25, 0.3) is 0 Å². The van der Waals surface area contributed by atoms with E-state index < -0.39 is 13.0 Å². The van der Waals surface area contributed by atoms with Gasteiger partial charge in [0.25, 0.3) is 6.43 Å². The van der Waals surface area contributed by atoms with Crippen LogP contribution in [0.5, 0.6) is 0 Å². The van der Waals surface area contributed by atoms with Gasteiger partial charge >= 0.3 is 0 Å². The number of nitrogens with one attached hydrogen (secondary N) is 1. The second kappa shape index (κ2) is 8.98. The quantitative estimate of drug-likeness (QED) is 0.667. The summed E-state index contributed by atoms with van der Waals surface area (Å²) in [4.78, 5) is 0. The lowest BCUT2D eigenvalue weighted by Gasteiger charge is -2.16. The van der Waals surface area contributed by atoms with Crippen molar-refractivity contribution in [3.05, 3.63) is 18.0 Å². The second-order valence-electron chi connectivity index (χ2n) is 4.40. The van der Waals surface area contributed by atoms with E-state index >= 15 is 0 Å². The molecule has 0 bridgehead atoms. The molecule has 0 fully saturated rings. The van der Waals surface area contributed by atoms with E-state index in [9.17, 15) is 8.78 Å². The predicted octanol–water partition coefficient (Wildman–Crippen LogP) is 2.62. The van der Waals surface area contributed by atoms with Crippen molar-refractivity contribution in [3.8, 4) is 0 Å². The van der Waals surface area contributed by atoms with Crippen LogP contribution in [0.4, 0.5) is 8.78 Å². The van der Waals surface area contributed by atoms with Crippen LogP contribution in [0.15, 0.2) is 12.4 Å². The summed E-state index contributed by atoms with van der Waals surface area (Å²) < 4.78 is 30.8. The minimum Gasteiger partial charge on any atom is -0.375 e. The highest BCUT2D eigenvalue weighted by Gasteiger charge is 2.13. The fourth-order valence-electron chi connectivity index (χ4n) is 1.92. The lowest BCUT2D eigenvalue weighted by atomic mass is 10.1. The van der Waals surface area contributed by atoms with Gasteiger partial charge in [-0.2, -0.15) is 5.10 Å². The van der Waals surface area contributed by atoms with Gasteiger partial charge in [0.2, 0.25) is 0 Å². The molecule has 1 aromatic heterocycles. The molecule has 1 N–H and O–H groups in total. The zero-order chi connectivity index (χ0) is 14.1. The van der Waals surface area contributed by atoms with Gasteiger partial charge in [-0.1, -0.05) is 13.8 Å². The van der Waals surface area contributed by atoms with Crippen molar-refractivity contribution in [2.75, 3.05) is 19.8 Å². The van der Waals surface area contributed by atoms with Gasteiger partial charge in [0.05, 0.1) is 6.20 Å². The maximum atomic E-state index is 12.0. The molecule has 0 aliphatic rings. The summed E-state index contributed by atoms with van der Waals surface area (Å²) in [5.41, 5.74) is 1.08. The Morgan fingerprint density at radius 3 is 2.84 bits per heavy atom. The zero-order valence-corrected chi connectivity index (χ0v) is 11.6. The molecular weight excluding hydrogens is 252 g/mol. The Morgan fingerprint density at radius 1 is 1.42 bits per heavy atom. The first-order valence-corrected chi connectivity index (χ1v) is 6.79. The molecule has 4 nitrogen and oxygen atoms in total. The lowest BCUT2D eigenvalue weighted by Crippen LogP contribution is -2.22. The summed E-state index contributed by atoms with van der Waals surface area (Å²) >= 11 is 0. The van der Waals surface area contributed by atoms with Crippen LogP contribution >= 0.6 is 0 Å². The molecule has 0 radical (unpaired) electrons. The van der Waals surface area contributed by atoms with E-state index in [1.807, 2.05) is 24.0 Å². The maximum Gasteiger partial charge on any atom is 0.261 e. The normalized spacial score (nSPS) is 13.1. The van der Waals surface area contributed by atoms with Gasteiger partial charge in [0.15, 0.2) is 0 Å². The topological polar surface area (TPSA) is 39.1 Å². The van der Waals surface area contributed by atoms with Crippen molar-refractivity contribution < 1.29 is 13.5 Å². The van der Waals surface area contributed by atoms with Crippen molar-refractivity contribution in [3.63, 3.8) is 0 Å². The molecule has 19 heavy (non-hydrogen) atoms. The summed E-state index contributed by atoms with van der Waals surface area (Å²) in [5.74, 6) is 0. The zero-order valence-electron chi connectivity index (χ0n) is 11.6. The molecule has 0 aromatic carbocycles. The van der Waals surface area contributed by atoms with Gasteiger partial charge in [-0.3, -0.25) is 4.68 Å². The van der Waals surface area contributed by atoms with Crippen molar-refractivity contribution in [2.45, 2.75) is 45.7 Å². The molecule has 0 amide bonds. The summed E-state index contributed by atoms with van der Waals surface area (Å²) in [7, 11) is 0. The van der Waals surface area contributed by atoms with Gasteiger partial charge in [-0.05, 0) is 19.4 Å². The van der Waals surface area contributed by atoms with E-state index in [2.05, 4.69) is 17.3 Å². The first kappa shape index (κ1) is 16.0. The van der Waals surface area contributed by atoms with E-state index in [1.54, 1.807) is 0 Å². The van der Waals surface area contributed by atoms with Gasteiger partial charge in [0.1, 0.15) is 6.61 Å². The highest BCUT2D eigenvalue weighted by Crippen LogP contribution is 2.16. The van der Waals surface area contributed by atoms with E-state index in [1.165, 1.54) is 0 Å². The Hall–Kier alpha value is -1.01. The molecule has 0 aliphatic heterocycles. The Balaban J connectivity index is 2.45. The number of aryl methyl sites for hydroxylation is 1. The summed E-state index contributed by atoms with van der Waals surface area (Å²) in [5, 5.41) is 7.60. The third-order valence-electron chi connectivity index (χ3n) is 2.75. The number of hydrogen-bond acceptors (Lipinski definition) is 3. The van der Waals surface area contributed by atoms with E-state index in [0.29, 0.717) is 13.0 Å². The summed E-state index contributed by atoms with van der Waals surface area (Å²) in [6.07, 6.45) is 3.13. The molecule has 0 saturated carbocycles. The standard InChI is InChI=1S/C13H23F2N3O/c1-3-6-18-9-11(8-17-18)12(16-4-2)5-7-19-10-13(14)15/h8-9,12-13,16H,3-7,10H2,1-2H3. The molecule has 1 aromatic rings. The van der Waals surface area contributed by atoms with Crippen LogP contribution in [0.2, 0.25) is 0 Å². The van der Waals surface area contributed by atoms with Crippen LogP contribution in [0.3, 0.4) is 0 Å². The second-order valence-corrected chi connectivity index (χ2v) is 4.40. The third-order valence-corrected chi connectivity index (χ3v) is 2.75. The van der Waals surface area contributed by atoms with Crippen LogP contribution in [0, 0.1) is 0 Å². The highest BCUT2D eigenvalue weighted by molar-refractivity contribution is 5.10. The Kier molecular flexibility index (Phi) is 7.59. The fraction of sp³-hybridized carbons (Fsp3) is 0.769. The van der Waals surface area contributed by atoms with Crippen LogP contribution in [-0.4, -0.2) is 36.0 Å². The van der Waals surface area contributed by atoms with Crippen LogP contribution in [-0.2, 0) is 11.3 Å². The van der Waals surface area contributed by atoms with Crippen molar-refractivity contribution >= 4 is 0 Å². The van der Waals surface area contributed by atoms with Gasteiger partial charge in [-0.25, -0.2) is 8.78 Å². The third kappa shape index (κ3) is 6.11.